The van der Waals surface area contributed by atoms with E-state index in [0.29, 0.717) is 6.42 Å². The van der Waals surface area contributed by atoms with E-state index in [9.17, 15) is 4.79 Å². The first kappa shape index (κ1) is 22.3. The van der Waals surface area contributed by atoms with E-state index in [1.54, 1.807) is 0 Å². The van der Waals surface area contributed by atoms with Gasteiger partial charge in [-0.1, -0.05) is 13.8 Å². The van der Waals surface area contributed by atoms with Crippen molar-refractivity contribution in [3.8, 4) is 0 Å². The molecule has 1 aliphatic rings. The Bertz CT molecular complexity index is 232. The minimum atomic E-state index is 0. The van der Waals surface area contributed by atoms with Gasteiger partial charge in [0.25, 0.3) is 0 Å². The smallest absolute Gasteiger partial charge is 0.220 e. The quantitative estimate of drug-likeness (QED) is 0.717. The molecular formula is C14H31Cl2N3O. The molecule has 6 heteroatoms. The predicted octanol–water partition coefficient (Wildman–Crippen LogP) is 2.07. The highest BCUT2D eigenvalue weighted by molar-refractivity contribution is 5.85. The summed E-state index contributed by atoms with van der Waals surface area (Å²) in [6, 6.07) is 0. The lowest BCUT2D eigenvalue weighted by atomic mass is 9.93. The summed E-state index contributed by atoms with van der Waals surface area (Å²) in [5.74, 6) is 0.973. The summed E-state index contributed by atoms with van der Waals surface area (Å²) >= 11 is 0. The van der Waals surface area contributed by atoms with E-state index in [0.717, 1.165) is 51.6 Å². The van der Waals surface area contributed by atoms with Gasteiger partial charge in [0.2, 0.25) is 5.91 Å². The van der Waals surface area contributed by atoms with Crippen LogP contribution < -0.4 is 10.6 Å². The van der Waals surface area contributed by atoms with Crippen LogP contribution >= 0.6 is 24.8 Å². The van der Waals surface area contributed by atoms with Crippen molar-refractivity contribution in [3.63, 3.8) is 0 Å². The van der Waals surface area contributed by atoms with Crippen LogP contribution in [0.3, 0.4) is 0 Å². The first-order valence-electron chi connectivity index (χ1n) is 7.46. The fourth-order valence-corrected chi connectivity index (χ4v) is 2.49. The number of piperidine rings is 1. The minimum absolute atomic E-state index is 0. The largest absolute Gasteiger partial charge is 0.355 e. The number of nitrogens with zero attached hydrogens (tertiary/aromatic N) is 1. The fourth-order valence-electron chi connectivity index (χ4n) is 2.49. The van der Waals surface area contributed by atoms with Crippen LogP contribution in [0.15, 0.2) is 0 Å². The van der Waals surface area contributed by atoms with Crippen molar-refractivity contribution in [2.75, 3.05) is 39.3 Å². The summed E-state index contributed by atoms with van der Waals surface area (Å²) < 4.78 is 0. The van der Waals surface area contributed by atoms with Crippen LogP contribution in [-0.2, 0) is 4.79 Å². The van der Waals surface area contributed by atoms with Crippen molar-refractivity contribution in [1.29, 1.82) is 0 Å². The van der Waals surface area contributed by atoms with E-state index < -0.39 is 0 Å². The Labute approximate surface area is 136 Å². The summed E-state index contributed by atoms with van der Waals surface area (Å²) in [6.45, 7) is 10.4. The molecular weight excluding hydrogens is 297 g/mol. The number of hydrogen-bond acceptors (Lipinski definition) is 3. The molecule has 0 atom stereocenters. The van der Waals surface area contributed by atoms with Gasteiger partial charge in [-0.3, -0.25) is 4.79 Å². The standard InChI is InChI=1S/C14H29N3O.2ClH/c1-3-17(4-2)12-11-16-14(18)6-5-13-7-9-15-10-8-13;;/h13,15H,3-12H2,1-2H3,(H,16,18);2*1H. The lowest BCUT2D eigenvalue weighted by Crippen LogP contribution is -2.35. The number of amides is 1. The lowest BCUT2D eigenvalue weighted by molar-refractivity contribution is -0.121. The van der Waals surface area contributed by atoms with Gasteiger partial charge in [0.1, 0.15) is 0 Å². The molecule has 1 aliphatic heterocycles. The summed E-state index contributed by atoms with van der Waals surface area (Å²) in [6.07, 6.45) is 4.21. The van der Waals surface area contributed by atoms with Crippen LogP contribution in [0.2, 0.25) is 0 Å². The van der Waals surface area contributed by atoms with Gasteiger partial charge in [0.15, 0.2) is 0 Å². The van der Waals surface area contributed by atoms with Gasteiger partial charge < -0.3 is 15.5 Å². The topological polar surface area (TPSA) is 44.4 Å². The molecule has 1 saturated heterocycles. The molecule has 0 radical (unpaired) electrons. The first-order chi connectivity index (χ1) is 8.76. The van der Waals surface area contributed by atoms with Crippen LogP contribution in [0.5, 0.6) is 0 Å². The molecule has 0 spiro atoms. The number of carbonyl (C=O) groups is 1. The van der Waals surface area contributed by atoms with Crippen molar-refractivity contribution in [2.24, 2.45) is 5.92 Å². The summed E-state index contributed by atoms with van der Waals surface area (Å²) in [5, 5.41) is 6.38. The highest BCUT2D eigenvalue weighted by Crippen LogP contribution is 2.17. The van der Waals surface area contributed by atoms with Crippen LogP contribution in [0.25, 0.3) is 0 Å². The Morgan fingerprint density at radius 2 is 1.80 bits per heavy atom. The molecule has 4 nitrogen and oxygen atoms in total. The maximum absolute atomic E-state index is 11.7. The average molecular weight is 328 g/mol. The van der Waals surface area contributed by atoms with E-state index in [1.807, 2.05) is 0 Å². The molecule has 0 aromatic rings. The zero-order valence-electron chi connectivity index (χ0n) is 12.8. The minimum Gasteiger partial charge on any atom is -0.355 e. The summed E-state index contributed by atoms with van der Waals surface area (Å²) in [5.41, 5.74) is 0. The molecule has 122 valence electrons. The van der Waals surface area contributed by atoms with Crippen molar-refractivity contribution < 1.29 is 4.79 Å². The van der Waals surface area contributed by atoms with E-state index >= 15 is 0 Å². The predicted molar refractivity (Wildman–Crippen MR) is 90.1 cm³/mol. The Hall–Kier alpha value is -0.0300. The van der Waals surface area contributed by atoms with Crippen molar-refractivity contribution in [3.05, 3.63) is 0 Å². The SMILES string of the molecule is CCN(CC)CCNC(=O)CCC1CCNCC1.Cl.Cl. The number of rotatable bonds is 8. The van der Waals surface area contributed by atoms with Crippen LogP contribution in [-0.4, -0.2) is 50.1 Å². The lowest BCUT2D eigenvalue weighted by Gasteiger charge is -2.22. The number of nitrogens with one attached hydrogen (secondary N) is 2. The zero-order valence-corrected chi connectivity index (χ0v) is 14.5. The third-order valence-corrected chi connectivity index (χ3v) is 3.88. The van der Waals surface area contributed by atoms with Gasteiger partial charge >= 0.3 is 0 Å². The molecule has 0 saturated carbocycles. The molecule has 20 heavy (non-hydrogen) atoms. The van der Waals surface area contributed by atoms with Crippen LogP contribution in [0.4, 0.5) is 0 Å². The molecule has 1 rings (SSSR count). The van der Waals surface area contributed by atoms with Gasteiger partial charge in [-0.05, 0) is 51.4 Å². The average Bonchev–Trinajstić information content (AvgIpc) is 2.42. The van der Waals surface area contributed by atoms with Crippen molar-refractivity contribution >= 4 is 30.7 Å². The highest BCUT2D eigenvalue weighted by Gasteiger charge is 2.14. The monoisotopic (exact) mass is 327 g/mol. The van der Waals surface area contributed by atoms with Crippen molar-refractivity contribution in [2.45, 2.75) is 39.5 Å². The molecule has 0 aliphatic carbocycles. The third-order valence-electron chi connectivity index (χ3n) is 3.88. The second-order valence-corrected chi connectivity index (χ2v) is 5.11. The second-order valence-electron chi connectivity index (χ2n) is 5.11. The highest BCUT2D eigenvalue weighted by atomic mass is 35.5. The first-order valence-corrected chi connectivity index (χ1v) is 7.46. The van der Waals surface area contributed by atoms with Crippen LogP contribution in [0.1, 0.15) is 39.5 Å². The maximum atomic E-state index is 11.7. The summed E-state index contributed by atoms with van der Waals surface area (Å²) in [7, 11) is 0. The van der Waals surface area contributed by atoms with E-state index in [2.05, 4.69) is 29.4 Å². The van der Waals surface area contributed by atoms with Gasteiger partial charge in [-0.25, -0.2) is 0 Å². The Morgan fingerprint density at radius 1 is 1.20 bits per heavy atom. The molecule has 0 aromatic heterocycles. The third kappa shape index (κ3) is 9.81. The Morgan fingerprint density at radius 3 is 2.35 bits per heavy atom. The Balaban J connectivity index is 0. The van der Waals surface area contributed by atoms with E-state index in [4.69, 9.17) is 0 Å². The molecule has 1 fully saturated rings. The van der Waals surface area contributed by atoms with Crippen molar-refractivity contribution in [1.82, 2.24) is 15.5 Å². The molecule has 0 unspecified atom stereocenters. The Kier molecular flexibility index (Phi) is 15.5. The normalized spacial score (nSPS) is 15.3. The molecule has 0 bridgehead atoms. The molecule has 0 aromatic carbocycles. The number of hydrogen-bond donors (Lipinski definition) is 2. The summed E-state index contributed by atoms with van der Waals surface area (Å²) in [4.78, 5) is 14.0. The van der Waals surface area contributed by atoms with Gasteiger partial charge in [0.05, 0.1) is 0 Å². The van der Waals surface area contributed by atoms with Gasteiger partial charge in [-0.15, -0.1) is 24.8 Å². The van der Waals surface area contributed by atoms with E-state index in [1.165, 1.54) is 12.8 Å². The fraction of sp³-hybridized carbons (Fsp3) is 0.929. The maximum Gasteiger partial charge on any atom is 0.220 e. The van der Waals surface area contributed by atoms with E-state index in [-0.39, 0.29) is 30.7 Å². The number of halogens is 2. The molecule has 2 N–H and O–H groups in total. The van der Waals surface area contributed by atoms with Gasteiger partial charge in [-0.2, -0.15) is 0 Å². The zero-order chi connectivity index (χ0) is 13.2. The number of likely N-dealkylation sites (N-methyl/N-ethyl adjacent to an activating group) is 1. The molecule has 1 heterocycles. The molecule has 1 amide bonds. The number of carbonyl (C=O) groups excluding carboxylic acids is 1. The van der Waals surface area contributed by atoms with Gasteiger partial charge in [0, 0.05) is 19.5 Å². The van der Waals surface area contributed by atoms with Crippen LogP contribution in [0, 0.1) is 5.92 Å². The second kappa shape index (κ2) is 13.9.